The van der Waals surface area contributed by atoms with E-state index in [-0.39, 0.29) is 6.04 Å². The van der Waals surface area contributed by atoms with E-state index in [9.17, 15) is 0 Å². The first-order valence-electron chi connectivity index (χ1n) is 5.22. The van der Waals surface area contributed by atoms with Crippen LogP contribution in [0, 0.1) is 0 Å². The number of rotatable bonds is 7. The van der Waals surface area contributed by atoms with E-state index in [1.54, 1.807) is 13.4 Å². The molecule has 4 nitrogen and oxygen atoms in total. The van der Waals surface area contributed by atoms with Gasteiger partial charge in [0.1, 0.15) is 5.76 Å². The molecule has 0 amide bonds. The molecular weight excluding hydrogens is 192 g/mol. The Balaban J connectivity index is 2.16. The summed E-state index contributed by atoms with van der Waals surface area (Å²) in [6.45, 7) is 3.46. The van der Waals surface area contributed by atoms with Crippen molar-refractivity contribution in [1.29, 1.82) is 0 Å². The number of methoxy groups -OCH3 is 1. The van der Waals surface area contributed by atoms with Crippen molar-refractivity contribution in [2.45, 2.75) is 25.4 Å². The molecular formula is C11H20N2O2. The highest BCUT2D eigenvalue weighted by Gasteiger charge is 2.07. The molecule has 0 fully saturated rings. The molecule has 3 N–H and O–H groups in total. The van der Waals surface area contributed by atoms with Crippen LogP contribution in [0.4, 0.5) is 0 Å². The van der Waals surface area contributed by atoms with E-state index in [0.717, 1.165) is 18.7 Å². The lowest BCUT2D eigenvalue weighted by Gasteiger charge is -2.16. The summed E-state index contributed by atoms with van der Waals surface area (Å²) in [6.07, 6.45) is 2.57. The molecule has 2 atom stereocenters. The summed E-state index contributed by atoms with van der Waals surface area (Å²) in [4.78, 5) is 0. The van der Waals surface area contributed by atoms with Gasteiger partial charge < -0.3 is 20.2 Å². The molecule has 1 aromatic heterocycles. The summed E-state index contributed by atoms with van der Waals surface area (Å²) in [5.41, 5.74) is 5.79. The number of furan rings is 1. The van der Waals surface area contributed by atoms with E-state index in [4.69, 9.17) is 14.9 Å². The van der Waals surface area contributed by atoms with Crippen LogP contribution in [0.5, 0.6) is 0 Å². The number of hydrogen-bond acceptors (Lipinski definition) is 4. The maximum absolute atomic E-state index is 5.79. The average Bonchev–Trinajstić information content (AvgIpc) is 2.68. The Morgan fingerprint density at radius 2 is 2.40 bits per heavy atom. The molecule has 86 valence electrons. The largest absolute Gasteiger partial charge is 0.469 e. The second-order valence-electron chi connectivity index (χ2n) is 3.81. The third-order valence-electron chi connectivity index (χ3n) is 2.20. The quantitative estimate of drug-likeness (QED) is 0.701. The van der Waals surface area contributed by atoms with Crippen LogP contribution in [-0.4, -0.2) is 32.3 Å². The lowest BCUT2D eigenvalue weighted by Crippen LogP contribution is -2.41. The van der Waals surface area contributed by atoms with E-state index >= 15 is 0 Å². The summed E-state index contributed by atoms with van der Waals surface area (Å²) in [7, 11) is 1.66. The lowest BCUT2D eigenvalue weighted by molar-refractivity contribution is 0.177. The Kier molecular flexibility index (Phi) is 5.39. The van der Waals surface area contributed by atoms with Gasteiger partial charge in [0.25, 0.3) is 0 Å². The molecule has 0 saturated heterocycles. The first-order valence-corrected chi connectivity index (χ1v) is 5.22. The highest BCUT2D eigenvalue weighted by molar-refractivity contribution is 4.99. The molecule has 1 heterocycles. The van der Waals surface area contributed by atoms with Gasteiger partial charge >= 0.3 is 0 Å². The van der Waals surface area contributed by atoms with Crippen LogP contribution >= 0.6 is 0 Å². The number of ether oxygens (including phenoxy) is 1. The minimum atomic E-state index is 0.0500. The first kappa shape index (κ1) is 12.2. The van der Waals surface area contributed by atoms with Crippen LogP contribution in [0.3, 0.4) is 0 Å². The Labute approximate surface area is 90.8 Å². The third-order valence-corrected chi connectivity index (χ3v) is 2.20. The van der Waals surface area contributed by atoms with Crippen molar-refractivity contribution in [3.8, 4) is 0 Å². The fraction of sp³-hybridized carbons (Fsp3) is 0.636. The molecule has 0 spiro atoms. The van der Waals surface area contributed by atoms with Gasteiger partial charge in [-0.25, -0.2) is 0 Å². The molecule has 15 heavy (non-hydrogen) atoms. The molecule has 1 rings (SSSR count). The maximum atomic E-state index is 5.79. The van der Waals surface area contributed by atoms with Gasteiger partial charge in [0, 0.05) is 32.2 Å². The Morgan fingerprint density at radius 1 is 1.60 bits per heavy atom. The zero-order chi connectivity index (χ0) is 11.1. The van der Waals surface area contributed by atoms with Crippen LogP contribution in [-0.2, 0) is 11.2 Å². The fourth-order valence-corrected chi connectivity index (χ4v) is 1.43. The van der Waals surface area contributed by atoms with Crippen molar-refractivity contribution in [3.63, 3.8) is 0 Å². The molecule has 0 aromatic carbocycles. The molecule has 0 radical (unpaired) electrons. The summed E-state index contributed by atoms with van der Waals surface area (Å²) >= 11 is 0. The highest BCUT2D eigenvalue weighted by Crippen LogP contribution is 2.03. The zero-order valence-electron chi connectivity index (χ0n) is 9.40. The van der Waals surface area contributed by atoms with E-state index in [0.29, 0.717) is 12.6 Å². The van der Waals surface area contributed by atoms with Gasteiger partial charge in [0.05, 0.1) is 12.9 Å². The molecule has 1 aromatic rings. The van der Waals surface area contributed by atoms with Crippen LogP contribution in [0.15, 0.2) is 22.8 Å². The zero-order valence-corrected chi connectivity index (χ0v) is 9.40. The molecule has 0 bridgehead atoms. The van der Waals surface area contributed by atoms with E-state index < -0.39 is 0 Å². The fourth-order valence-electron chi connectivity index (χ4n) is 1.43. The molecule has 4 heteroatoms. The van der Waals surface area contributed by atoms with Gasteiger partial charge in [-0.05, 0) is 19.1 Å². The third kappa shape index (κ3) is 4.97. The highest BCUT2D eigenvalue weighted by atomic mass is 16.5. The SMILES string of the molecule is COCC(N)CNC(C)Cc1ccco1. The first-order chi connectivity index (χ1) is 7.22. The molecule has 2 unspecified atom stereocenters. The maximum Gasteiger partial charge on any atom is 0.105 e. The van der Waals surface area contributed by atoms with Crippen molar-refractivity contribution in [1.82, 2.24) is 5.32 Å². The van der Waals surface area contributed by atoms with Crippen LogP contribution in [0.25, 0.3) is 0 Å². The lowest BCUT2D eigenvalue weighted by atomic mass is 10.2. The second kappa shape index (κ2) is 6.61. The minimum Gasteiger partial charge on any atom is -0.469 e. The minimum absolute atomic E-state index is 0.0500. The second-order valence-corrected chi connectivity index (χ2v) is 3.81. The van der Waals surface area contributed by atoms with Gasteiger partial charge in [-0.2, -0.15) is 0 Å². The van der Waals surface area contributed by atoms with Crippen LogP contribution in [0.1, 0.15) is 12.7 Å². The van der Waals surface area contributed by atoms with Gasteiger partial charge in [0.2, 0.25) is 0 Å². The smallest absolute Gasteiger partial charge is 0.105 e. The van der Waals surface area contributed by atoms with E-state index in [2.05, 4.69) is 12.2 Å². The Morgan fingerprint density at radius 3 is 3.00 bits per heavy atom. The standard InChI is InChI=1S/C11H20N2O2/c1-9(6-11-4-3-5-15-11)13-7-10(12)8-14-2/h3-5,9-10,13H,6-8,12H2,1-2H3. The van der Waals surface area contributed by atoms with Crippen molar-refractivity contribution in [3.05, 3.63) is 24.2 Å². The Hall–Kier alpha value is -0.840. The molecule has 0 aliphatic carbocycles. The van der Waals surface area contributed by atoms with Crippen LogP contribution in [0.2, 0.25) is 0 Å². The monoisotopic (exact) mass is 212 g/mol. The van der Waals surface area contributed by atoms with Gasteiger partial charge in [0.15, 0.2) is 0 Å². The normalized spacial score (nSPS) is 15.1. The van der Waals surface area contributed by atoms with Crippen molar-refractivity contribution in [2.75, 3.05) is 20.3 Å². The van der Waals surface area contributed by atoms with Gasteiger partial charge in [-0.1, -0.05) is 0 Å². The summed E-state index contributed by atoms with van der Waals surface area (Å²) < 4.78 is 10.2. The number of nitrogens with one attached hydrogen (secondary N) is 1. The average molecular weight is 212 g/mol. The van der Waals surface area contributed by atoms with Crippen molar-refractivity contribution in [2.24, 2.45) is 5.73 Å². The topological polar surface area (TPSA) is 60.4 Å². The van der Waals surface area contributed by atoms with E-state index in [1.807, 2.05) is 12.1 Å². The number of nitrogens with two attached hydrogens (primary N) is 1. The van der Waals surface area contributed by atoms with Crippen molar-refractivity contribution < 1.29 is 9.15 Å². The van der Waals surface area contributed by atoms with E-state index in [1.165, 1.54) is 0 Å². The summed E-state index contributed by atoms with van der Waals surface area (Å²) in [5.74, 6) is 0.996. The summed E-state index contributed by atoms with van der Waals surface area (Å²) in [5, 5.41) is 3.34. The Bertz CT molecular complexity index is 249. The molecule has 0 aliphatic heterocycles. The summed E-state index contributed by atoms with van der Waals surface area (Å²) in [6, 6.07) is 4.29. The van der Waals surface area contributed by atoms with Crippen molar-refractivity contribution >= 4 is 0 Å². The molecule has 0 saturated carbocycles. The predicted octanol–water partition coefficient (Wildman–Crippen LogP) is 0.774. The molecule has 0 aliphatic rings. The predicted molar refractivity (Wildman–Crippen MR) is 59.7 cm³/mol. The van der Waals surface area contributed by atoms with Gasteiger partial charge in [-0.3, -0.25) is 0 Å². The van der Waals surface area contributed by atoms with Crippen LogP contribution < -0.4 is 11.1 Å². The number of hydrogen-bond donors (Lipinski definition) is 2. The van der Waals surface area contributed by atoms with Gasteiger partial charge in [-0.15, -0.1) is 0 Å².